The van der Waals surface area contributed by atoms with Gasteiger partial charge in [0.25, 0.3) is 0 Å². The van der Waals surface area contributed by atoms with Gasteiger partial charge in [-0.1, -0.05) is 42.5 Å². The van der Waals surface area contributed by atoms with E-state index in [0.717, 1.165) is 45.2 Å². The molecule has 172 valence electrons. The molecule has 1 atom stereocenters. The third kappa shape index (κ3) is 5.28. The van der Waals surface area contributed by atoms with Crippen molar-refractivity contribution >= 4 is 11.8 Å². The number of hydrogen-bond donors (Lipinski definition) is 0. The van der Waals surface area contributed by atoms with Crippen molar-refractivity contribution in [2.24, 2.45) is 0 Å². The zero-order valence-electron chi connectivity index (χ0n) is 20.1. The summed E-state index contributed by atoms with van der Waals surface area (Å²) in [6.07, 6.45) is 6.30. The van der Waals surface area contributed by atoms with E-state index >= 15 is 0 Å². The van der Waals surface area contributed by atoms with Crippen LogP contribution in [0, 0.1) is 6.92 Å². The number of carbonyl (C=O) groups is 1. The number of amides is 1. The molecule has 1 aliphatic heterocycles. The number of para-hydroxylation sites is 1. The Morgan fingerprint density at radius 2 is 1.69 bits per heavy atom. The van der Waals surface area contributed by atoms with Gasteiger partial charge in [-0.3, -0.25) is 0 Å². The highest BCUT2D eigenvalue weighted by Crippen LogP contribution is 2.32. The highest BCUT2D eigenvalue weighted by molar-refractivity contribution is 5.68. The van der Waals surface area contributed by atoms with E-state index in [4.69, 9.17) is 4.74 Å². The van der Waals surface area contributed by atoms with Crippen molar-refractivity contribution in [1.82, 2.24) is 4.90 Å². The molecule has 1 saturated heterocycles. The van der Waals surface area contributed by atoms with Gasteiger partial charge in [0.05, 0.1) is 0 Å². The summed E-state index contributed by atoms with van der Waals surface area (Å²) in [6, 6.07) is 18.3. The summed E-state index contributed by atoms with van der Waals surface area (Å²) in [5, 5.41) is 0. The monoisotopic (exact) mass is 434 g/mol. The minimum atomic E-state index is -0.456. The lowest BCUT2D eigenvalue weighted by Crippen LogP contribution is -2.48. The molecular formula is C28H38N2O2. The van der Waals surface area contributed by atoms with Gasteiger partial charge >= 0.3 is 6.09 Å². The van der Waals surface area contributed by atoms with E-state index in [1.54, 1.807) is 0 Å². The molecule has 2 aromatic carbocycles. The first kappa shape index (κ1) is 22.7. The Hall–Kier alpha value is -2.49. The van der Waals surface area contributed by atoms with Crippen LogP contribution < -0.4 is 4.90 Å². The number of anilines is 1. The largest absolute Gasteiger partial charge is 0.444 e. The van der Waals surface area contributed by atoms with E-state index in [2.05, 4.69) is 60.4 Å². The number of aryl methyl sites for hydroxylation is 1. The van der Waals surface area contributed by atoms with Gasteiger partial charge in [-0.25, -0.2) is 4.79 Å². The van der Waals surface area contributed by atoms with Crippen LogP contribution in [0.5, 0.6) is 0 Å². The maximum absolute atomic E-state index is 12.9. The van der Waals surface area contributed by atoms with E-state index in [9.17, 15) is 4.79 Å². The van der Waals surface area contributed by atoms with Crippen molar-refractivity contribution in [3.05, 3.63) is 65.2 Å². The Morgan fingerprint density at radius 1 is 1.03 bits per heavy atom. The van der Waals surface area contributed by atoms with Crippen LogP contribution >= 0.6 is 0 Å². The highest BCUT2D eigenvalue weighted by Gasteiger charge is 2.32. The molecule has 4 nitrogen and oxygen atoms in total. The Bertz CT molecular complexity index is 908. The fourth-order valence-electron chi connectivity index (χ4n) is 5.29. The SMILES string of the molecule is Cc1ccccc1N(CC[C@H]1CCCCN1C(=O)OC(C)(C)C)C1Cc2ccccc2C1. The molecule has 4 rings (SSSR count). The molecule has 0 bridgehead atoms. The van der Waals surface area contributed by atoms with Crippen LogP contribution in [0.3, 0.4) is 0 Å². The van der Waals surface area contributed by atoms with Gasteiger partial charge in [-0.2, -0.15) is 0 Å². The lowest BCUT2D eigenvalue weighted by atomic mass is 9.98. The number of rotatable bonds is 5. The second kappa shape index (κ2) is 9.56. The zero-order chi connectivity index (χ0) is 22.7. The second-order valence-corrected chi connectivity index (χ2v) is 10.4. The van der Waals surface area contributed by atoms with Crippen LogP contribution in [0.25, 0.3) is 0 Å². The molecule has 2 aliphatic rings. The Kier molecular flexibility index (Phi) is 6.78. The van der Waals surface area contributed by atoms with E-state index in [-0.39, 0.29) is 12.1 Å². The normalized spacial score (nSPS) is 19.0. The third-order valence-electron chi connectivity index (χ3n) is 6.85. The van der Waals surface area contributed by atoms with Crippen molar-refractivity contribution in [3.63, 3.8) is 0 Å². The van der Waals surface area contributed by atoms with Gasteiger partial charge in [0.2, 0.25) is 0 Å². The lowest BCUT2D eigenvalue weighted by Gasteiger charge is -2.39. The average molecular weight is 435 g/mol. The predicted molar refractivity (Wildman–Crippen MR) is 131 cm³/mol. The molecule has 1 aliphatic carbocycles. The molecule has 0 N–H and O–H groups in total. The van der Waals surface area contributed by atoms with Gasteiger partial charge in [0, 0.05) is 30.9 Å². The summed E-state index contributed by atoms with van der Waals surface area (Å²) in [6.45, 7) is 9.80. The maximum Gasteiger partial charge on any atom is 0.410 e. The molecule has 1 heterocycles. The minimum Gasteiger partial charge on any atom is -0.444 e. The van der Waals surface area contributed by atoms with Crippen LogP contribution in [-0.2, 0) is 17.6 Å². The van der Waals surface area contributed by atoms with E-state index < -0.39 is 5.60 Å². The number of benzene rings is 2. The number of nitrogens with zero attached hydrogens (tertiary/aromatic N) is 2. The number of hydrogen-bond acceptors (Lipinski definition) is 3. The summed E-state index contributed by atoms with van der Waals surface area (Å²) in [5.41, 5.74) is 5.14. The number of carbonyl (C=O) groups excluding carboxylic acids is 1. The molecule has 4 heteroatoms. The highest BCUT2D eigenvalue weighted by atomic mass is 16.6. The summed E-state index contributed by atoms with van der Waals surface area (Å²) in [7, 11) is 0. The molecule has 1 amide bonds. The standard InChI is InChI=1S/C28H38N2O2/c1-21-11-5-8-15-26(21)29(25-19-22-12-6-7-13-23(22)20-25)18-16-24-14-9-10-17-30(24)27(31)32-28(2,3)4/h5-8,11-13,15,24-25H,9-10,14,16-20H2,1-4H3/t24-/m1/s1. The van der Waals surface area contributed by atoms with Crippen LogP contribution in [-0.4, -0.2) is 41.8 Å². The van der Waals surface area contributed by atoms with Crippen molar-refractivity contribution in [2.45, 2.75) is 83.9 Å². The lowest BCUT2D eigenvalue weighted by molar-refractivity contribution is 0.00908. The van der Waals surface area contributed by atoms with Gasteiger partial charge < -0.3 is 14.5 Å². The topological polar surface area (TPSA) is 32.8 Å². The first-order valence-electron chi connectivity index (χ1n) is 12.2. The first-order valence-corrected chi connectivity index (χ1v) is 12.2. The Morgan fingerprint density at radius 3 is 2.34 bits per heavy atom. The van der Waals surface area contributed by atoms with Gasteiger partial charge in [-0.05, 0) is 89.0 Å². The summed E-state index contributed by atoms with van der Waals surface area (Å²) in [4.78, 5) is 17.5. The van der Waals surface area contributed by atoms with Crippen molar-refractivity contribution in [1.29, 1.82) is 0 Å². The van der Waals surface area contributed by atoms with E-state index in [1.165, 1.54) is 28.8 Å². The molecular weight excluding hydrogens is 396 g/mol. The predicted octanol–water partition coefficient (Wildman–Crippen LogP) is 6.15. The quantitative estimate of drug-likeness (QED) is 0.566. The van der Waals surface area contributed by atoms with Crippen LogP contribution in [0.1, 0.15) is 63.1 Å². The van der Waals surface area contributed by atoms with Crippen molar-refractivity contribution in [2.75, 3.05) is 18.0 Å². The Labute approximate surface area is 193 Å². The van der Waals surface area contributed by atoms with Crippen molar-refractivity contribution in [3.8, 4) is 0 Å². The molecule has 0 saturated carbocycles. The third-order valence-corrected chi connectivity index (χ3v) is 6.85. The van der Waals surface area contributed by atoms with E-state index in [0.29, 0.717) is 6.04 Å². The molecule has 0 spiro atoms. The van der Waals surface area contributed by atoms with Gasteiger partial charge in [0.15, 0.2) is 0 Å². The van der Waals surface area contributed by atoms with Crippen LogP contribution in [0.4, 0.5) is 10.5 Å². The van der Waals surface area contributed by atoms with Gasteiger partial charge in [0.1, 0.15) is 5.60 Å². The maximum atomic E-state index is 12.9. The number of fused-ring (bicyclic) bond motifs is 1. The average Bonchev–Trinajstić information content (AvgIpc) is 3.18. The molecule has 0 unspecified atom stereocenters. The molecule has 0 radical (unpaired) electrons. The smallest absolute Gasteiger partial charge is 0.410 e. The van der Waals surface area contributed by atoms with Crippen molar-refractivity contribution < 1.29 is 9.53 Å². The number of likely N-dealkylation sites (tertiary alicyclic amines) is 1. The minimum absolute atomic E-state index is 0.155. The molecule has 2 aromatic rings. The van der Waals surface area contributed by atoms with E-state index in [1.807, 2.05) is 25.7 Å². The van der Waals surface area contributed by atoms with Gasteiger partial charge in [-0.15, -0.1) is 0 Å². The second-order valence-electron chi connectivity index (χ2n) is 10.4. The summed E-state index contributed by atoms with van der Waals surface area (Å²) in [5.74, 6) is 0. The zero-order valence-corrected chi connectivity index (χ0v) is 20.1. The van der Waals surface area contributed by atoms with Crippen LogP contribution in [0.2, 0.25) is 0 Å². The number of ether oxygens (including phenoxy) is 1. The molecule has 1 fully saturated rings. The first-order chi connectivity index (χ1) is 15.3. The summed E-state index contributed by atoms with van der Waals surface area (Å²) < 4.78 is 5.73. The summed E-state index contributed by atoms with van der Waals surface area (Å²) >= 11 is 0. The Balaban J connectivity index is 1.51. The molecule has 0 aromatic heterocycles. The fraction of sp³-hybridized carbons (Fsp3) is 0.536. The van der Waals surface area contributed by atoms with Crippen LogP contribution in [0.15, 0.2) is 48.5 Å². The number of piperidine rings is 1. The molecule has 32 heavy (non-hydrogen) atoms. The fourth-order valence-corrected chi connectivity index (χ4v) is 5.29.